The lowest BCUT2D eigenvalue weighted by Crippen LogP contribution is -2.22. The highest BCUT2D eigenvalue weighted by molar-refractivity contribution is 9.10. The predicted molar refractivity (Wildman–Crippen MR) is 80.3 cm³/mol. The Morgan fingerprint density at radius 2 is 2.40 bits per heavy atom. The Hall–Kier alpha value is -1.40. The van der Waals surface area contributed by atoms with Crippen LogP contribution in [0.2, 0.25) is 0 Å². The topological polar surface area (TPSA) is 52.0 Å². The summed E-state index contributed by atoms with van der Waals surface area (Å²) in [7, 11) is 0. The third-order valence-corrected chi connectivity index (χ3v) is 3.73. The van der Waals surface area contributed by atoms with Crippen molar-refractivity contribution in [2.24, 2.45) is 0 Å². The molecule has 3 heterocycles. The number of hydrogen-bond acceptors (Lipinski definition) is 4. The van der Waals surface area contributed by atoms with E-state index >= 15 is 0 Å². The fraction of sp³-hybridized carbons (Fsp3) is 0.429. The van der Waals surface area contributed by atoms with Gasteiger partial charge in [-0.3, -0.25) is 4.98 Å². The molecular formula is C14H17BrN4O. The van der Waals surface area contributed by atoms with E-state index in [1.807, 2.05) is 29.1 Å². The zero-order valence-electron chi connectivity index (χ0n) is 11.1. The summed E-state index contributed by atoms with van der Waals surface area (Å²) in [5.74, 6) is 0. The van der Waals surface area contributed by atoms with Crippen molar-refractivity contribution in [2.45, 2.75) is 32.0 Å². The molecule has 2 aromatic rings. The van der Waals surface area contributed by atoms with Gasteiger partial charge in [-0.25, -0.2) is 4.68 Å². The van der Waals surface area contributed by atoms with Crippen LogP contribution in [0.5, 0.6) is 0 Å². The van der Waals surface area contributed by atoms with Crippen molar-refractivity contribution in [1.82, 2.24) is 14.8 Å². The van der Waals surface area contributed by atoms with E-state index in [9.17, 15) is 0 Å². The summed E-state index contributed by atoms with van der Waals surface area (Å²) < 4.78 is 8.63. The summed E-state index contributed by atoms with van der Waals surface area (Å²) in [6.07, 6.45) is 6.99. The lowest BCUT2D eigenvalue weighted by atomic mass is 10.2. The van der Waals surface area contributed by atoms with Gasteiger partial charge in [-0.1, -0.05) is 0 Å². The molecule has 20 heavy (non-hydrogen) atoms. The normalized spacial score (nSPS) is 18.9. The average Bonchev–Trinajstić information content (AvgIpc) is 2.88. The number of pyridine rings is 1. The Morgan fingerprint density at radius 1 is 1.45 bits per heavy atom. The van der Waals surface area contributed by atoms with E-state index in [4.69, 9.17) is 4.74 Å². The van der Waals surface area contributed by atoms with Crippen LogP contribution < -0.4 is 5.32 Å². The van der Waals surface area contributed by atoms with Crippen LogP contribution in [0.25, 0.3) is 0 Å². The molecule has 0 bridgehead atoms. The van der Waals surface area contributed by atoms with Crippen molar-refractivity contribution in [2.75, 3.05) is 11.9 Å². The second-order valence-corrected chi connectivity index (χ2v) is 5.63. The third-order valence-electron chi connectivity index (χ3n) is 3.35. The van der Waals surface area contributed by atoms with Crippen LogP contribution in [0.4, 0.5) is 5.69 Å². The quantitative estimate of drug-likeness (QED) is 0.930. The van der Waals surface area contributed by atoms with Crippen molar-refractivity contribution >= 4 is 21.6 Å². The number of hydrogen-bond donors (Lipinski definition) is 1. The summed E-state index contributed by atoms with van der Waals surface area (Å²) in [6, 6.07) is 5.95. The number of nitrogens with zero attached hydrogens (tertiary/aromatic N) is 3. The van der Waals surface area contributed by atoms with E-state index in [1.165, 1.54) is 6.42 Å². The molecule has 0 saturated carbocycles. The smallest absolute Gasteiger partial charge is 0.150 e. The van der Waals surface area contributed by atoms with Crippen molar-refractivity contribution < 1.29 is 4.74 Å². The second kappa shape index (κ2) is 6.37. The summed E-state index contributed by atoms with van der Waals surface area (Å²) in [4.78, 5) is 4.10. The van der Waals surface area contributed by atoms with Crippen molar-refractivity contribution in [3.05, 3.63) is 40.9 Å². The van der Waals surface area contributed by atoms with E-state index < -0.39 is 0 Å². The van der Waals surface area contributed by atoms with Gasteiger partial charge >= 0.3 is 0 Å². The van der Waals surface area contributed by atoms with Crippen LogP contribution >= 0.6 is 15.9 Å². The Balaban J connectivity index is 1.72. The largest absolute Gasteiger partial charge is 0.378 e. The number of ether oxygens (including phenoxy) is 1. The number of nitrogens with one attached hydrogen (secondary N) is 1. The summed E-state index contributed by atoms with van der Waals surface area (Å²) in [5.41, 5.74) is 2.11. The molecule has 1 unspecified atom stereocenters. The van der Waals surface area contributed by atoms with Crippen LogP contribution in [-0.4, -0.2) is 21.4 Å². The fourth-order valence-electron chi connectivity index (χ4n) is 2.36. The van der Waals surface area contributed by atoms with Crippen LogP contribution in [0, 0.1) is 0 Å². The van der Waals surface area contributed by atoms with E-state index in [0.717, 1.165) is 35.4 Å². The predicted octanol–water partition coefficient (Wildman–Crippen LogP) is 3.35. The Morgan fingerprint density at radius 3 is 3.15 bits per heavy atom. The third kappa shape index (κ3) is 3.19. The minimum Gasteiger partial charge on any atom is -0.378 e. The first-order valence-electron chi connectivity index (χ1n) is 6.82. The van der Waals surface area contributed by atoms with E-state index in [1.54, 1.807) is 6.20 Å². The van der Waals surface area contributed by atoms with Gasteiger partial charge in [0.1, 0.15) is 4.60 Å². The Kier molecular flexibility index (Phi) is 4.32. The lowest BCUT2D eigenvalue weighted by molar-refractivity contribution is -0.0411. The molecule has 1 aliphatic rings. The molecule has 0 spiro atoms. The molecule has 1 saturated heterocycles. The molecule has 0 aromatic carbocycles. The number of aromatic nitrogens is 3. The van der Waals surface area contributed by atoms with Crippen LogP contribution in [-0.2, 0) is 11.3 Å². The first kappa shape index (κ1) is 13.6. The molecule has 1 N–H and O–H groups in total. The molecule has 1 aliphatic heterocycles. The Bertz CT molecular complexity index is 552. The zero-order valence-corrected chi connectivity index (χ0v) is 12.7. The monoisotopic (exact) mass is 336 g/mol. The van der Waals surface area contributed by atoms with Gasteiger partial charge in [-0.15, -0.1) is 0 Å². The molecular weight excluding hydrogens is 320 g/mol. The molecule has 0 aliphatic carbocycles. The Labute approximate surface area is 126 Å². The maximum Gasteiger partial charge on any atom is 0.150 e. The minimum absolute atomic E-state index is 0.0562. The van der Waals surface area contributed by atoms with E-state index in [0.29, 0.717) is 6.54 Å². The standard InChI is InChI=1S/C14H17BrN4O/c15-13-8-12(10-17-11-4-3-6-16-9-11)19(18-13)14-5-1-2-7-20-14/h3-4,6,8-9,14,17H,1-2,5,7,10H2. The van der Waals surface area contributed by atoms with Gasteiger partial charge in [0.25, 0.3) is 0 Å². The van der Waals surface area contributed by atoms with Gasteiger partial charge < -0.3 is 10.1 Å². The molecule has 5 nitrogen and oxygen atoms in total. The van der Waals surface area contributed by atoms with Crippen LogP contribution in [0.15, 0.2) is 35.2 Å². The molecule has 3 rings (SSSR count). The summed E-state index contributed by atoms with van der Waals surface area (Å²) in [5, 5.41) is 7.85. The van der Waals surface area contributed by atoms with Crippen LogP contribution in [0.1, 0.15) is 31.2 Å². The second-order valence-electron chi connectivity index (χ2n) is 4.82. The number of halogens is 1. The summed E-state index contributed by atoms with van der Waals surface area (Å²) in [6.45, 7) is 1.52. The highest BCUT2D eigenvalue weighted by Gasteiger charge is 2.19. The van der Waals surface area contributed by atoms with Gasteiger partial charge in [0, 0.05) is 19.0 Å². The van der Waals surface area contributed by atoms with Gasteiger partial charge in [-0.05, 0) is 53.4 Å². The van der Waals surface area contributed by atoms with Gasteiger partial charge in [0.05, 0.1) is 17.9 Å². The van der Waals surface area contributed by atoms with Crippen molar-refractivity contribution in [3.63, 3.8) is 0 Å². The highest BCUT2D eigenvalue weighted by Crippen LogP contribution is 2.25. The molecule has 106 valence electrons. The molecule has 6 heteroatoms. The van der Waals surface area contributed by atoms with E-state index in [-0.39, 0.29) is 6.23 Å². The molecule has 1 fully saturated rings. The molecule has 1 atom stereocenters. The molecule has 2 aromatic heterocycles. The average molecular weight is 337 g/mol. The maximum absolute atomic E-state index is 5.81. The van der Waals surface area contributed by atoms with Gasteiger partial charge in [0.2, 0.25) is 0 Å². The minimum atomic E-state index is 0.0562. The lowest BCUT2D eigenvalue weighted by Gasteiger charge is -2.24. The summed E-state index contributed by atoms with van der Waals surface area (Å²) >= 11 is 3.45. The highest BCUT2D eigenvalue weighted by atomic mass is 79.9. The van der Waals surface area contributed by atoms with Gasteiger partial charge in [-0.2, -0.15) is 5.10 Å². The van der Waals surface area contributed by atoms with Crippen LogP contribution in [0.3, 0.4) is 0 Å². The SMILES string of the molecule is Brc1cc(CNc2cccnc2)n(C2CCCCO2)n1. The fourth-order valence-corrected chi connectivity index (χ4v) is 2.79. The van der Waals surface area contributed by atoms with Crippen molar-refractivity contribution in [1.29, 1.82) is 0 Å². The molecule has 0 radical (unpaired) electrons. The number of anilines is 1. The number of rotatable bonds is 4. The molecule has 0 amide bonds. The van der Waals surface area contributed by atoms with Crippen molar-refractivity contribution in [3.8, 4) is 0 Å². The van der Waals surface area contributed by atoms with Gasteiger partial charge in [0.15, 0.2) is 6.23 Å². The first-order chi connectivity index (χ1) is 9.83. The zero-order chi connectivity index (χ0) is 13.8. The van der Waals surface area contributed by atoms with E-state index in [2.05, 4.69) is 31.3 Å². The first-order valence-corrected chi connectivity index (χ1v) is 7.61. The maximum atomic E-state index is 5.81.